The predicted octanol–water partition coefficient (Wildman–Crippen LogP) is 3.20. The average Bonchev–Trinajstić information content (AvgIpc) is 3.03. The monoisotopic (exact) mass is 442 g/mol. The Hall–Kier alpha value is -3.03. The van der Waals surface area contributed by atoms with E-state index in [1.165, 1.54) is 35.1 Å². The van der Waals surface area contributed by atoms with Crippen LogP contribution in [-0.2, 0) is 9.53 Å². The summed E-state index contributed by atoms with van der Waals surface area (Å²) in [7, 11) is 1.27. The van der Waals surface area contributed by atoms with E-state index in [4.69, 9.17) is 16.3 Å². The van der Waals surface area contributed by atoms with Gasteiger partial charge in [0.1, 0.15) is 5.82 Å². The van der Waals surface area contributed by atoms with Crippen LogP contribution in [0.2, 0.25) is 5.02 Å². The molecule has 0 spiro atoms. The highest BCUT2D eigenvalue weighted by Crippen LogP contribution is 2.30. The number of rotatable bonds is 3. The number of hydrogen-bond acceptors (Lipinski definition) is 5. The number of aromatic nitrogens is 1. The summed E-state index contributed by atoms with van der Waals surface area (Å²) in [5.74, 6) is -1.00. The maximum absolute atomic E-state index is 13.5. The van der Waals surface area contributed by atoms with Crippen LogP contribution in [0.25, 0.3) is 6.08 Å². The van der Waals surface area contributed by atoms with Gasteiger partial charge < -0.3 is 4.74 Å². The minimum atomic E-state index is -0.775. The number of esters is 1. The van der Waals surface area contributed by atoms with Crippen molar-refractivity contribution in [1.29, 1.82) is 0 Å². The third kappa shape index (κ3) is 3.51. The molecule has 0 saturated carbocycles. The standard InChI is InChI=1S/C22H16ClFN2O3S/c1-12-18(21(28)29-2)19(13-7-9-15(24)10-8-13)26-20(27)17(30-22(26)25-12)11-14-5-3-4-6-16(14)23/h3-11,19H,1-2H3/b17-11-/t19-/m0/s1. The van der Waals surface area contributed by atoms with Gasteiger partial charge in [0.05, 0.1) is 29.0 Å². The molecule has 0 fully saturated rings. The second kappa shape index (κ2) is 8.01. The van der Waals surface area contributed by atoms with Crippen molar-refractivity contribution in [2.45, 2.75) is 13.0 Å². The molecule has 2 aromatic carbocycles. The predicted molar refractivity (Wildman–Crippen MR) is 114 cm³/mol. The molecule has 4 rings (SSSR count). The molecule has 152 valence electrons. The van der Waals surface area contributed by atoms with Gasteiger partial charge in [0, 0.05) is 5.02 Å². The van der Waals surface area contributed by atoms with Crippen molar-refractivity contribution < 1.29 is 13.9 Å². The van der Waals surface area contributed by atoms with Crippen molar-refractivity contribution in [3.63, 3.8) is 0 Å². The summed E-state index contributed by atoms with van der Waals surface area (Å²) < 4.78 is 20.3. The molecule has 0 amide bonds. The van der Waals surface area contributed by atoms with Crippen molar-refractivity contribution in [1.82, 2.24) is 4.57 Å². The molecule has 3 aromatic rings. The second-order valence-corrected chi connectivity index (χ2v) is 8.06. The van der Waals surface area contributed by atoms with E-state index in [0.717, 1.165) is 0 Å². The van der Waals surface area contributed by atoms with Crippen molar-refractivity contribution in [3.8, 4) is 0 Å². The van der Waals surface area contributed by atoms with Crippen LogP contribution in [0.5, 0.6) is 0 Å². The fourth-order valence-electron chi connectivity index (χ4n) is 3.39. The molecule has 0 radical (unpaired) electrons. The first-order chi connectivity index (χ1) is 14.4. The molecule has 1 aromatic heterocycles. The SMILES string of the molecule is COC(=O)C1=C(C)N=c2s/c(=C\c3ccccc3Cl)c(=O)n2[C@H]1c1ccc(F)cc1. The van der Waals surface area contributed by atoms with Crippen LogP contribution in [-0.4, -0.2) is 17.6 Å². The lowest BCUT2D eigenvalue weighted by molar-refractivity contribution is -0.136. The van der Waals surface area contributed by atoms with Gasteiger partial charge in [-0.05, 0) is 42.3 Å². The van der Waals surface area contributed by atoms with Crippen LogP contribution in [0.1, 0.15) is 24.1 Å². The highest BCUT2D eigenvalue weighted by molar-refractivity contribution is 7.07. The maximum Gasteiger partial charge on any atom is 0.338 e. The first-order valence-corrected chi connectivity index (χ1v) is 10.2. The van der Waals surface area contributed by atoms with E-state index in [0.29, 0.717) is 31.2 Å². The quantitative estimate of drug-likeness (QED) is 0.585. The minimum absolute atomic E-state index is 0.237. The van der Waals surface area contributed by atoms with E-state index >= 15 is 0 Å². The molecule has 0 unspecified atom stereocenters. The van der Waals surface area contributed by atoms with Crippen molar-refractivity contribution in [2.75, 3.05) is 7.11 Å². The number of hydrogen-bond donors (Lipinski definition) is 0. The van der Waals surface area contributed by atoms with Crippen LogP contribution < -0.4 is 14.9 Å². The smallest absolute Gasteiger partial charge is 0.338 e. The molecule has 0 aliphatic carbocycles. The van der Waals surface area contributed by atoms with Gasteiger partial charge in [0.15, 0.2) is 4.80 Å². The molecule has 1 aliphatic heterocycles. The number of carbonyl (C=O) groups is 1. The number of benzene rings is 2. The molecule has 1 aliphatic rings. The van der Waals surface area contributed by atoms with E-state index in [2.05, 4.69) is 4.99 Å². The molecule has 0 N–H and O–H groups in total. The summed E-state index contributed by atoms with van der Waals surface area (Å²) in [6.07, 6.45) is 1.70. The molecule has 8 heteroatoms. The molecule has 2 heterocycles. The number of nitrogens with zero attached hydrogens (tertiary/aromatic N) is 2. The van der Waals surface area contributed by atoms with E-state index in [9.17, 15) is 14.0 Å². The fourth-order valence-corrected chi connectivity index (χ4v) is 4.61. The zero-order valence-corrected chi connectivity index (χ0v) is 17.6. The topological polar surface area (TPSA) is 60.7 Å². The van der Waals surface area contributed by atoms with Gasteiger partial charge in [0.2, 0.25) is 0 Å². The first kappa shape index (κ1) is 20.3. The number of thiazole rings is 1. The van der Waals surface area contributed by atoms with Gasteiger partial charge in [0.25, 0.3) is 5.56 Å². The molecule has 0 bridgehead atoms. The van der Waals surface area contributed by atoms with Crippen molar-refractivity contribution in [3.05, 3.63) is 101 Å². The summed E-state index contributed by atoms with van der Waals surface area (Å²) >= 11 is 7.44. The summed E-state index contributed by atoms with van der Waals surface area (Å²) in [4.78, 5) is 30.8. The van der Waals surface area contributed by atoms with Crippen molar-refractivity contribution in [2.24, 2.45) is 4.99 Å². The second-order valence-electron chi connectivity index (χ2n) is 6.65. The van der Waals surface area contributed by atoms with Gasteiger partial charge in [-0.25, -0.2) is 14.2 Å². The van der Waals surface area contributed by atoms with Crippen LogP contribution in [0.4, 0.5) is 4.39 Å². The van der Waals surface area contributed by atoms with Crippen LogP contribution in [0.15, 0.2) is 69.6 Å². The Morgan fingerprint density at radius 3 is 2.60 bits per heavy atom. The number of halogens is 2. The number of carbonyl (C=O) groups excluding carboxylic acids is 1. The Kier molecular flexibility index (Phi) is 5.40. The normalized spacial score (nSPS) is 16.3. The van der Waals surface area contributed by atoms with Crippen LogP contribution in [0, 0.1) is 5.82 Å². The van der Waals surface area contributed by atoms with Gasteiger partial charge in [-0.15, -0.1) is 0 Å². The molecular weight excluding hydrogens is 427 g/mol. The number of fused-ring (bicyclic) bond motifs is 1. The van der Waals surface area contributed by atoms with E-state index < -0.39 is 17.8 Å². The van der Waals surface area contributed by atoms with E-state index in [1.807, 2.05) is 18.2 Å². The van der Waals surface area contributed by atoms with Gasteiger partial charge in [-0.3, -0.25) is 9.36 Å². The van der Waals surface area contributed by atoms with E-state index in [-0.39, 0.29) is 11.1 Å². The lowest BCUT2D eigenvalue weighted by Crippen LogP contribution is -2.39. The Labute approximate surface area is 180 Å². The number of methoxy groups -OCH3 is 1. The molecule has 5 nitrogen and oxygen atoms in total. The number of ether oxygens (including phenoxy) is 1. The van der Waals surface area contributed by atoms with Crippen LogP contribution in [0.3, 0.4) is 0 Å². The lowest BCUT2D eigenvalue weighted by atomic mass is 9.96. The third-order valence-electron chi connectivity index (χ3n) is 4.80. The fraction of sp³-hybridized carbons (Fsp3) is 0.136. The zero-order chi connectivity index (χ0) is 21.4. The molecule has 30 heavy (non-hydrogen) atoms. The Morgan fingerprint density at radius 2 is 1.93 bits per heavy atom. The van der Waals surface area contributed by atoms with E-state index in [1.54, 1.807) is 31.2 Å². The first-order valence-electron chi connectivity index (χ1n) is 9.01. The largest absolute Gasteiger partial charge is 0.466 e. The lowest BCUT2D eigenvalue weighted by Gasteiger charge is -2.24. The Bertz CT molecular complexity index is 1360. The van der Waals surface area contributed by atoms with Crippen LogP contribution >= 0.6 is 22.9 Å². The third-order valence-corrected chi connectivity index (χ3v) is 6.13. The maximum atomic E-state index is 13.5. The van der Waals surface area contributed by atoms with Gasteiger partial charge >= 0.3 is 5.97 Å². The zero-order valence-electron chi connectivity index (χ0n) is 16.1. The van der Waals surface area contributed by atoms with Gasteiger partial charge in [-0.2, -0.15) is 0 Å². The molecular formula is C22H16ClFN2O3S. The molecule has 1 atom stereocenters. The Balaban J connectivity index is 1.99. The summed E-state index contributed by atoms with van der Waals surface area (Å²) in [5, 5.41) is 0.518. The summed E-state index contributed by atoms with van der Waals surface area (Å²) in [6.45, 7) is 1.69. The Morgan fingerprint density at radius 1 is 1.23 bits per heavy atom. The highest BCUT2D eigenvalue weighted by Gasteiger charge is 2.33. The number of allylic oxidation sites excluding steroid dienone is 1. The van der Waals surface area contributed by atoms with Gasteiger partial charge in [-0.1, -0.05) is 53.3 Å². The summed E-state index contributed by atoms with van der Waals surface area (Å²) in [5.41, 5.74) is 1.65. The average molecular weight is 443 g/mol. The highest BCUT2D eigenvalue weighted by atomic mass is 35.5. The minimum Gasteiger partial charge on any atom is -0.466 e. The molecule has 0 saturated heterocycles. The van der Waals surface area contributed by atoms with Crippen molar-refractivity contribution >= 4 is 35.0 Å². The summed E-state index contributed by atoms with van der Waals surface area (Å²) in [6, 6.07) is 12.1.